The Morgan fingerprint density at radius 2 is 2.07 bits per heavy atom. The first-order chi connectivity index (χ1) is 13.6. The lowest BCUT2D eigenvalue weighted by Crippen LogP contribution is -2.39. The molecule has 0 aliphatic carbocycles. The number of nitriles is 1. The molecule has 1 aromatic heterocycles. The fraction of sp³-hybridized carbons (Fsp3) is 0.409. The average Bonchev–Trinajstić information content (AvgIpc) is 3.03. The summed E-state index contributed by atoms with van der Waals surface area (Å²) in [5.74, 6) is 1.82. The van der Waals surface area contributed by atoms with Gasteiger partial charge in [0.15, 0.2) is 0 Å². The third kappa shape index (κ3) is 3.40. The molecule has 1 saturated heterocycles. The predicted octanol–water partition coefficient (Wildman–Crippen LogP) is 3.29. The molecule has 6 heteroatoms. The number of aromatic nitrogens is 1. The Bertz CT molecular complexity index is 942. The fourth-order valence-corrected chi connectivity index (χ4v) is 3.96. The third-order valence-electron chi connectivity index (χ3n) is 5.51. The van der Waals surface area contributed by atoms with Gasteiger partial charge in [-0.25, -0.2) is 4.98 Å². The van der Waals surface area contributed by atoms with Crippen LogP contribution in [0.3, 0.4) is 0 Å². The van der Waals surface area contributed by atoms with Gasteiger partial charge in [0, 0.05) is 32.5 Å². The largest absolute Gasteiger partial charge is 0.490 e. The number of carbonyl (C=O) groups excluding carboxylic acids is 1. The zero-order chi connectivity index (χ0) is 19.7. The summed E-state index contributed by atoms with van der Waals surface area (Å²) in [5, 5.41) is 9.03. The molecule has 0 atom stereocenters. The van der Waals surface area contributed by atoms with Crippen LogP contribution in [0.2, 0.25) is 0 Å². The number of carbonyl (C=O) groups is 1. The minimum Gasteiger partial charge on any atom is -0.490 e. The van der Waals surface area contributed by atoms with Crippen LogP contribution in [-0.2, 0) is 6.54 Å². The Kier molecular flexibility index (Phi) is 4.91. The molecule has 2 aliphatic heterocycles. The summed E-state index contributed by atoms with van der Waals surface area (Å²) in [6.07, 6.45) is 1.93. The smallest absolute Gasteiger partial charge is 0.256 e. The first-order valence-electron chi connectivity index (χ1n) is 9.80. The quantitative estimate of drug-likeness (QED) is 0.819. The summed E-state index contributed by atoms with van der Waals surface area (Å²) in [5.41, 5.74) is 3.30. The second-order valence-electron chi connectivity index (χ2n) is 7.39. The number of ether oxygens (including phenoxy) is 1. The Hall–Kier alpha value is -3.07. The van der Waals surface area contributed by atoms with Gasteiger partial charge in [-0.3, -0.25) is 4.79 Å². The highest BCUT2D eigenvalue weighted by Crippen LogP contribution is 2.29. The van der Waals surface area contributed by atoms with E-state index < -0.39 is 0 Å². The van der Waals surface area contributed by atoms with Crippen LogP contribution in [-0.4, -0.2) is 41.5 Å². The molecule has 2 aromatic rings. The van der Waals surface area contributed by atoms with Crippen molar-refractivity contribution in [3.05, 3.63) is 52.7 Å². The number of benzene rings is 1. The molecule has 0 radical (unpaired) electrons. The van der Waals surface area contributed by atoms with Crippen LogP contribution in [0.5, 0.6) is 5.75 Å². The van der Waals surface area contributed by atoms with E-state index in [-0.39, 0.29) is 12.0 Å². The summed E-state index contributed by atoms with van der Waals surface area (Å²) in [4.78, 5) is 21.3. The van der Waals surface area contributed by atoms with Gasteiger partial charge in [0.05, 0.1) is 29.4 Å². The van der Waals surface area contributed by atoms with E-state index in [1.54, 1.807) is 12.1 Å². The molecule has 1 fully saturated rings. The SMILES string of the molecule is CCN1Cc2nc(N3CCC(Oc4cccc(C#N)c4)CC3)c(C)cc2C1=O. The van der Waals surface area contributed by atoms with E-state index in [2.05, 4.69) is 11.0 Å². The molecule has 0 bridgehead atoms. The highest BCUT2D eigenvalue weighted by Gasteiger charge is 2.30. The van der Waals surface area contributed by atoms with Crippen LogP contribution in [0.25, 0.3) is 0 Å². The molecule has 0 N–H and O–H groups in total. The first kappa shape index (κ1) is 18.3. The highest BCUT2D eigenvalue weighted by molar-refractivity contribution is 5.98. The Morgan fingerprint density at radius 3 is 2.79 bits per heavy atom. The Morgan fingerprint density at radius 1 is 1.29 bits per heavy atom. The van der Waals surface area contributed by atoms with Gasteiger partial charge in [0.25, 0.3) is 5.91 Å². The van der Waals surface area contributed by atoms with E-state index in [4.69, 9.17) is 15.0 Å². The van der Waals surface area contributed by atoms with Crippen molar-refractivity contribution in [2.24, 2.45) is 0 Å². The lowest BCUT2D eigenvalue weighted by Gasteiger charge is -2.34. The molecule has 28 heavy (non-hydrogen) atoms. The van der Waals surface area contributed by atoms with Crippen LogP contribution < -0.4 is 9.64 Å². The predicted molar refractivity (Wildman–Crippen MR) is 106 cm³/mol. The van der Waals surface area contributed by atoms with Crippen molar-refractivity contribution in [2.45, 2.75) is 39.3 Å². The Labute approximate surface area is 165 Å². The number of fused-ring (bicyclic) bond motifs is 1. The van der Waals surface area contributed by atoms with E-state index >= 15 is 0 Å². The van der Waals surface area contributed by atoms with Crippen LogP contribution in [0, 0.1) is 18.3 Å². The molecule has 0 spiro atoms. The highest BCUT2D eigenvalue weighted by atomic mass is 16.5. The third-order valence-corrected chi connectivity index (χ3v) is 5.51. The van der Waals surface area contributed by atoms with E-state index in [0.29, 0.717) is 18.7 Å². The second-order valence-corrected chi connectivity index (χ2v) is 7.39. The van der Waals surface area contributed by atoms with Gasteiger partial charge in [0.1, 0.15) is 17.7 Å². The normalized spacial score (nSPS) is 16.8. The number of hydrogen-bond acceptors (Lipinski definition) is 5. The van der Waals surface area contributed by atoms with Crippen molar-refractivity contribution < 1.29 is 9.53 Å². The molecular weight excluding hydrogens is 352 g/mol. The minimum atomic E-state index is 0.0892. The molecule has 3 heterocycles. The summed E-state index contributed by atoms with van der Waals surface area (Å²) >= 11 is 0. The van der Waals surface area contributed by atoms with E-state index in [9.17, 15) is 4.79 Å². The van der Waals surface area contributed by atoms with Gasteiger partial charge < -0.3 is 14.5 Å². The zero-order valence-electron chi connectivity index (χ0n) is 16.3. The molecular formula is C22H24N4O2. The molecule has 1 amide bonds. The van der Waals surface area contributed by atoms with Crippen molar-refractivity contribution in [3.63, 3.8) is 0 Å². The van der Waals surface area contributed by atoms with E-state index in [0.717, 1.165) is 54.3 Å². The second kappa shape index (κ2) is 7.51. The molecule has 0 saturated carbocycles. The molecule has 4 rings (SSSR count). The van der Waals surface area contributed by atoms with Gasteiger partial charge in [-0.2, -0.15) is 5.26 Å². The minimum absolute atomic E-state index is 0.0892. The summed E-state index contributed by atoms with van der Waals surface area (Å²) < 4.78 is 6.08. The number of rotatable bonds is 4. The molecule has 144 valence electrons. The van der Waals surface area contributed by atoms with Crippen molar-refractivity contribution in [3.8, 4) is 11.8 Å². The standard InChI is InChI=1S/C22H24N4O2/c1-3-25-14-20-19(22(25)27)11-15(2)21(24-20)26-9-7-17(8-10-26)28-18-6-4-5-16(12-18)13-23/h4-6,11-12,17H,3,7-10,14H2,1-2H3. The summed E-state index contributed by atoms with van der Waals surface area (Å²) in [6, 6.07) is 11.5. The number of anilines is 1. The molecule has 1 aromatic carbocycles. The van der Waals surface area contributed by atoms with Crippen molar-refractivity contribution in [1.82, 2.24) is 9.88 Å². The molecule has 2 aliphatic rings. The van der Waals surface area contributed by atoms with Gasteiger partial charge in [-0.15, -0.1) is 0 Å². The zero-order valence-corrected chi connectivity index (χ0v) is 16.3. The number of nitrogens with zero attached hydrogens (tertiary/aromatic N) is 4. The Balaban J connectivity index is 1.43. The fourth-order valence-electron chi connectivity index (χ4n) is 3.96. The maximum atomic E-state index is 12.4. The van der Waals surface area contributed by atoms with Gasteiger partial charge >= 0.3 is 0 Å². The number of hydrogen-bond donors (Lipinski definition) is 0. The number of amides is 1. The molecule has 0 unspecified atom stereocenters. The van der Waals surface area contributed by atoms with Crippen LogP contribution >= 0.6 is 0 Å². The maximum absolute atomic E-state index is 12.4. The number of piperidine rings is 1. The van der Waals surface area contributed by atoms with Crippen LogP contribution in [0.1, 0.15) is 46.9 Å². The van der Waals surface area contributed by atoms with Gasteiger partial charge in [-0.05, 0) is 43.7 Å². The molecule has 6 nitrogen and oxygen atoms in total. The van der Waals surface area contributed by atoms with Gasteiger partial charge in [-0.1, -0.05) is 6.07 Å². The van der Waals surface area contributed by atoms with Crippen LogP contribution in [0.15, 0.2) is 30.3 Å². The lowest BCUT2D eigenvalue weighted by atomic mass is 10.1. The topological polar surface area (TPSA) is 69.5 Å². The number of aryl methyl sites for hydroxylation is 1. The first-order valence-corrected chi connectivity index (χ1v) is 9.80. The monoisotopic (exact) mass is 376 g/mol. The van der Waals surface area contributed by atoms with Crippen molar-refractivity contribution >= 4 is 11.7 Å². The maximum Gasteiger partial charge on any atom is 0.256 e. The van der Waals surface area contributed by atoms with Crippen molar-refractivity contribution in [1.29, 1.82) is 5.26 Å². The van der Waals surface area contributed by atoms with Crippen LogP contribution in [0.4, 0.5) is 5.82 Å². The summed E-state index contributed by atoms with van der Waals surface area (Å²) in [7, 11) is 0. The van der Waals surface area contributed by atoms with Crippen molar-refractivity contribution in [2.75, 3.05) is 24.5 Å². The van der Waals surface area contributed by atoms with E-state index in [1.807, 2.05) is 36.9 Å². The average molecular weight is 376 g/mol. The van der Waals surface area contributed by atoms with E-state index in [1.165, 1.54) is 0 Å². The summed E-state index contributed by atoms with van der Waals surface area (Å²) in [6.45, 7) is 7.06. The number of pyridine rings is 1. The van der Waals surface area contributed by atoms with Gasteiger partial charge in [0.2, 0.25) is 0 Å². The lowest BCUT2D eigenvalue weighted by molar-refractivity contribution is 0.0786.